The van der Waals surface area contributed by atoms with E-state index < -0.39 is 0 Å². The highest BCUT2D eigenvalue weighted by atomic mass is 16.5. The number of rotatable bonds is 6. The Labute approximate surface area is 105 Å². The molecule has 2 heterocycles. The zero-order valence-electron chi connectivity index (χ0n) is 10.5. The maximum Gasteiger partial charge on any atom is 0.213 e. The second kappa shape index (κ2) is 5.95. The summed E-state index contributed by atoms with van der Waals surface area (Å²) in [6, 6.07) is 0. The van der Waals surface area contributed by atoms with Crippen molar-refractivity contribution in [1.29, 1.82) is 0 Å². The second-order valence-electron chi connectivity index (χ2n) is 3.63. The third-order valence-electron chi connectivity index (χ3n) is 2.46. The molecule has 7 nitrogen and oxygen atoms in total. The van der Waals surface area contributed by atoms with E-state index in [0.717, 1.165) is 30.2 Å². The number of aromatic nitrogens is 4. The van der Waals surface area contributed by atoms with Crippen molar-refractivity contribution in [3.05, 3.63) is 24.1 Å². The van der Waals surface area contributed by atoms with E-state index in [1.807, 2.05) is 6.92 Å². The molecule has 0 atom stereocenters. The fraction of sp³-hybridized carbons (Fsp3) is 0.455. The first kappa shape index (κ1) is 12.3. The third kappa shape index (κ3) is 2.73. The van der Waals surface area contributed by atoms with Gasteiger partial charge in [0.05, 0.1) is 6.54 Å². The fourth-order valence-corrected chi connectivity index (χ4v) is 1.65. The van der Waals surface area contributed by atoms with Crippen molar-refractivity contribution in [2.45, 2.75) is 26.8 Å². The SMILES string of the molecule is CCNc1ncnc(NCc2ncon2)c1CC. The lowest BCUT2D eigenvalue weighted by molar-refractivity contribution is 0.411. The number of nitrogens with zero attached hydrogens (tertiary/aromatic N) is 4. The Morgan fingerprint density at radius 1 is 1.11 bits per heavy atom. The first-order valence-electron chi connectivity index (χ1n) is 5.92. The van der Waals surface area contributed by atoms with Crippen LogP contribution in [0.1, 0.15) is 25.2 Å². The summed E-state index contributed by atoms with van der Waals surface area (Å²) < 4.78 is 4.68. The smallest absolute Gasteiger partial charge is 0.213 e. The molecule has 7 heteroatoms. The van der Waals surface area contributed by atoms with E-state index in [9.17, 15) is 0 Å². The zero-order valence-corrected chi connectivity index (χ0v) is 10.5. The van der Waals surface area contributed by atoms with Crippen molar-refractivity contribution in [1.82, 2.24) is 20.1 Å². The van der Waals surface area contributed by atoms with Crippen LogP contribution in [-0.2, 0) is 13.0 Å². The Morgan fingerprint density at radius 2 is 1.89 bits per heavy atom. The molecule has 0 amide bonds. The molecule has 2 aromatic rings. The first-order valence-corrected chi connectivity index (χ1v) is 5.92. The second-order valence-corrected chi connectivity index (χ2v) is 3.63. The van der Waals surface area contributed by atoms with Gasteiger partial charge < -0.3 is 15.2 Å². The van der Waals surface area contributed by atoms with Gasteiger partial charge in [-0.2, -0.15) is 4.98 Å². The van der Waals surface area contributed by atoms with Gasteiger partial charge in [-0.25, -0.2) is 9.97 Å². The average molecular weight is 248 g/mol. The van der Waals surface area contributed by atoms with Crippen molar-refractivity contribution in [2.24, 2.45) is 0 Å². The van der Waals surface area contributed by atoms with Gasteiger partial charge in [0.2, 0.25) is 6.39 Å². The Kier molecular flexibility index (Phi) is 4.06. The van der Waals surface area contributed by atoms with Gasteiger partial charge in [-0.05, 0) is 13.3 Å². The molecule has 18 heavy (non-hydrogen) atoms. The molecule has 0 aliphatic rings. The molecule has 0 radical (unpaired) electrons. The van der Waals surface area contributed by atoms with Gasteiger partial charge in [0.1, 0.15) is 18.0 Å². The van der Waals surface area contributed by atoms with Crippen molar-refractivity contribution < 1.29 is 4.52 Å². The van der Waals surface area contributed by atoms with Crippen molar-refractivity contribution in [3.8, 4) is 0 Å². The van der Waals surface area contributed by atoms with Crippen LogP contribution >= 0.6 is 0 Å². The zero-order chi connectivity index (χ0) is 12.8. The lowest BCUT2D eigenvalue weighted by Gasteiger charge is -2.12. The van der Waals surface area contributed by atoms with Crippen LogP contribution < -0.4 is 10.6 Å². The van der Waals surface area contributed by atoms with Crippen LogP contribution in [0, 0.1) is 0 Å². The lowest BCUT2D eigenvalue weighted by atomic mass is 10.2. The maximum absolute atomic E-state index is 4.68. The fourth-order valence-electron chi connectivity index (χ4n) is 1.65. The van der Waals surface area contributed by atoms with Gasteiger partial charge in [-0.3, -0.25) is 0 Å². The summed E-state index contributed by atoms with van der Waals surface area (Å²) in [5, 5.41) is 10.1. The molecule has 0 fully saturated rings. The molecule has 2 rings (SSSR count). The molecule has 0 aliphatic carbocycles. The van der Waals surface area contributed by atoms with Crippen LogP contribution in [0.2, 0.25) is 0 Å². The summed E-state index contributed by atoms with van der Waals surface area (Å²) in [6.45, 7) is 5.41. The highest BCUT2D eigenvalue weighted by molar-refractivity contribution is 5.57. The number of hydrogen-bond donors (Lipinski definition) is 2. The van der Waals surface area contributed by atoms with Crippen molar-refractivity contribution in [2.75, 3.05) is 17.2 Å². The third-order valence-corrected chi connectivity index (χ3v) is 2.46. The molecule has 0 spiro atoms. The standard InChI is InChI=1S/C11H16N6O/c1-3-8-10(12-4-2)14-6-15-11(8)13-5-9-16-7-18-17-9/h6-7H,3-5H2,1-2H3,(H2,12,13,14,15). The highest BCUT2D eigenvalue weighted by Crippen LogP contribution is 2.20. The molecule has 0 saturated carbocycles. The van der Waals surface area contributed by atoms with Crippen LogP contribution in [0.4, 0.5) is 11.6 Å². The molecule has 0 unspecified atom stereocenters. The largest absolute Gasteiger partial charge is 0.370 e. The van der Waals surface area contributed by atoms with Crippen LogP contribution in [0.15, 0.2) is 17.2 Å². The van der Waals surface area contributed by atoms with Crippen LogP contribution in [0.5, 0.6) is 0 Å². The molecule has 2 aromatic heterocycles. The van der Waals surface area contributed by atoms with Crippen molar-refractivity contribution >= 4 is 11.6 Å². The minimum atomic E-state index is 0.478. The van der Waals surface area contributed by atoms with E-state index in [-0.39, 0.29) is 0 Å². The maximum atomic E-state index is 4.68. The van der Waals surface area contributed by atoms with E-state index in [4.69, 9.17) is 0 Å². The van der Waals surface area contributed by atoms with E-state index in [2.05, 4.69) is 42.2 Å². The van der Waals surface area contributed by atoms with Gasteiger partial charge in [-0.1, -0.05) is 12.1 Å². The number of hydrogen-bond acceptors (Lipinski definition) is 7. The van der Waals surface area contributed by atoms with E-state index in [0.29, 0.717) is 12.4 Å². The van der Waals surface area contributed by atoms with E-state index >= 15 is 0 Å². The Bertz CT molecular complexity index is 484. The van der Waals surface area contributed by atoms with Gasteiger partial charge in [-0.15, -0.1) is 0 Å². The van der Waals surface area contributed by atoms with Crippen LogP contribution in [-0.4, -0.2) is 26.7 Å². The minimum Gasteiger partial charge on any atom is -0.370 e. The summed E-state index contributed by atoms with van der Waals surface area (Å²) >= 11 is 0. The van der Waals surface area contributed by atoms with E-state index in [1.165, 1.54) is 12.7 Å². The van der Waals surface area contributed by atoms with Crippen LogP contribution in [0.3, 0.4) is 0 Å². The Balaban J connectivity index is 2.13. The Hall–Kier alpha value is -2.18. The molecule has 0 aromatic carbocycles. The summed E-state index contributed by atoms with van der Waals surface area (Å²) in [5.74, 6) is 2.26. The minimum absolute atomic E-state index is 0.478. The number of anilines is 2. The molecular formula is C11H16N6O. The monoisotopic (exact) mass is 248 g/mol. The summed E-state index contributed by atoms with van der Waals surface area (Å²) in [4.78, 5) is 12.4. The quantitative estimate of drug-likeness (QED) is 0.800. The normalized spacial score (nSPS) is 10.3. The van der Waals surface area contributed by atoms with Gasteiger partial charge in [0.25, 0.3) is 0 Å². The topological polar surface area (TPSA) is 88.8 Å². The Morgan fingerprint density at radius 3 is 2.50 bits per heavy atom. The molecule has 0 saturated heterocycles. The average Bonchev–Trinajstić information content (AvgIpc) is 2.90. The van der Waals surface area contributed by atoms with Gasteiger partial charge in [0.15, 0.2) is 5.82 Å². The molecule has 96 valence electrons. The number of nitrogens with one attached hydrogen (secondary N) is 2. The van der Waals surface area contributed by atoms with Crippen LogP contribution in [0.25, 0.3) is 0 Å². The summed E-state index contributed by atoms with van der Waals surface area (Å²) in [6.07, 6.45) is 3.69. The highest BCUT2D eigenvalue weighted by Gasteiger charge is 2.09. The summed E-state index contributed by atoms with van der Waals surface area (Å²) in [7, 11) is 0. The van der Waals surface area contributed by atoms with Gasteiger partial charge >= 0.3 is 0 Å². The van der Waals surface area contributed by atoms with E-state index in [1.54, 1.807) is 0 Å². The lowest BCUT2D eigenvalue weighted by Crippen LogP contribution is -2.10. The molecule has 2 N–H and O–H groups in total. The molecule has 0 bridgehead atoms. The molecular weight excluding hydrogens is 232 g/mol. The first-order chi connectivity index (χ1) is 8.85. The predicted molar refractivity (Wildman–Crippen MR) is 67.2 cm³/mol. The summed E-state index contributed by atoms with van der Waals surface area (Å²) in [5.41, 5.74) is 1.06. The predicted octanol–water partition coefficient (Wildman–Crippen LogP) is 1.47. The van der Waals surface area contributed by atoms with Crippen molar-refractivity contribution in [3.63, 3.8) is 0 Å². The van der Waals surface area contributed by atoms with Gasteiger partial charge in [0, 0.05) is 12.1 Å². The molecule has 0 aliphatic heterocycles.